The molecular formula is C32H34N8O2. The van der Waals surface area contributed by atoms with Gasteiger partial charge in [0, 0.05) is 24.7 Å². The highest BCUT2D eigenvalue weighted by Gasteiger charge is 2.25. The summed E-state index contributed by atoms with van der Waals surface area (Å²) in [6, 6.07) is 14.1. The third kappa shape index (κ3) is 5.73. The number of amides is 1. The fourth-order valence-electron chi connectivity index (χ4n) is 5.16. The standard InChI is InChI=1S/C32H34N8O2/c1-5-18-34-30-27(28(33)37-39(30)4)31(41)35-21(2)29-36-25-13-9-10-23(15-14-22-16-19-38(3)20-17-22)26(25)32(42)40(29)24-11-7-6-8-12-24/h5-13,18,21-22H,1,16-17,19-20H2,2-4H3,(H2,33,37)(H,35,41)/b34-18-. The van der Waals surface area contributed by atoms with E-state index in [1.165, 1.54) is 21.5 Å². The summed E-state index contributed by atoms with van der Waals surface area (Å²) in [5, 5.41) is 7.54. The predicted molar refractivity (Wildman–Crippen MR) is 166 cm³/mol. The number of aryl methyl sites for hydroxylation is 1. The molecular weight excluding hydrogens is 528 g/mol. The van der Waals surface area contributed by atoms with Gasteiger partial charge >= 0.3 is 0 Å². The minimum Gasteiger partial charge on any atom is -0.381 e. The van der Waals surface area contributed by atoms with Crippen LogP contribution in [0.25, 0.3) is 16.6 Å². The molecule has 1 aliphatic heterocycles. The van der Waals surface area contributed by atoms with Crippen LogP contribution in [0, 0.1) is 17.8 Å². The molecule has 1 fully saturated rings. The smallest absolute Gasteiger partial charge is 0.267 e. The Balaban J connectivity index is 1.59. The normalized spacial score (nSPS) is 14.9. The summed E-state index contributed by atoms with van der Waals surface area (Å²) in [4.78, 5) is 39.2. The number of para-hydroxylation sites is 1. The monoisotopic (exact) mass is 562 g/mol. The number of carbonyl (C=O) groups excluding carboxylic acids is 1. The van der Waals surface area contributed by atoms with Crippen molar-refractivity contribution in [1.29, 1.82) is 0 Å². The van der Waals surface area contributed by atoms with Gasteiger partial charge in [-0.3, -0.25) is 14.2 Å². The first-order chi connectivity index (χ1) is 20.3. The van der Waals surface area contributed by atoms with Crippen molar-refractivity contribution in [2.75, 3.05) is 25.9 Å². The highest BCUT2D eigenvalue weighted by atomic mass is 16.2. The van der Waals surface area contributed by atoms with Crippen molar-refractivity contribution < 1.29 is 4.79 Å². The summed E-state index contributed by atoms with van der Waals surface area (Å²) in [5.41, 5.74) is 7.73. The van der Waals surface area contributed by atoms with Crippen molar-refractivity contribution in [3.05, 3.63) is 88.5 Å². The summed E-state index contributed by atoms with van der Waals surface area (Å²) < 4.78 is 2.97. The lowest BCUT2D eigenvalue weighted by atomic mass is 9.97. The lowest BCUT2D eigenvalue weighted by Crippen LogP contribution is -2.33. The van der Waals surface area contributed by atoms with E-state index in [2.05, 4.69) is 45.8 Å². The molecule has 3 N–H and O–H groups in total. The zero-order chi connectivity index (χ0) is 29.8. The minimum atomic E-state index is -0.681. The molecule has 1 saturated heterocycles. The van der Waals surface area contributed by atoms with Gasteiger partial charge in [-0.2, -0.15) is 5.10 Å². The fourth-order valence-corrected chi connectivity index (χ4v) is 5.16. The van der Waals surface area contributed by atoms with Crippen LogP contribution in [0.4, 0.5) is 11.6 Å². The molecule has 4 aromatic rings. The molecule has 5 rings (SSSR count). The molecule has 2 aromatic carbocycles. The molecule has 1 unspecified atom stereocenters. The number of aromatic nitrogens is 4. The second-order valence-corrected chi connectivity index (χ2v) is 10.4. The first-order valence-electron chi connectivity index (χ1n) is 13.9. The van der Waals surface area contributed by atoms with Gasteiger partial charge in [-0.1, -0.05) is 48.8 Å². The van der Waals surface area contributed by atoms with E-state index >= 15 is 0 Å². The Labute approximate surface area is 244 Å². The van der Waals surface area contributed by atoms with Gasteiger partial charge in [0.1, 0.15) is 11.4 Å². The number of fused-ring (bicyclic) bond motifs is 1. The Kier molecular flexibility index (Phi) is 8.31. The molecule has 0 saturated carbocycles. The Hall–Kier alpha value is -5.01. The lowest BCUT2D eigenvalue weighted by molar-refractivity contribution is 0.0939. The maximum Gasteiger partial charge on any atom is 0.267 e. The molecule has 10 nitrogen and oxygen atoms in total. The molecule has 1 aliphatic rings. The molecule has 3 heterocycles. The van der Waals surface area contributed by atoms with Crippen LogP contribution in [-0.4, -0.2) is 56.5 Å². The van der Waals surface area contributed by atoms with E-state index in [-0.39, 0.29) is 28.7 Å². The van der Waals surface area contributed by atoms with E-state index < -0.39 is 11.9 Å². The highest BCUT2D eigenvalue weighted by Crippen LogP contribution is 2.26. The van der Waals surface area contributed by atoms with E-state index in [9.17, 15) is 9.59 Å². The first kappa shape index (κ1) is 28.5. The number of benzene rings is 2. The Bertz CT molecular complexity index is 1780. The molecule has 0 bridgehead atoms. The van der Waals surface area contributed by atoms with Crippen LogP contribution in [0.15, 0.2) is 71.0 Å². The number of aliphatic imine (C=N–C) groups is 1. The topological polar surface area (TPSA) is 123 Å². The van der Waals surface area contributed by atoms with Crippen molar-refractivity contribution in [2.24, 2.45) is 18.0 Å². The number of hydrogen-bond donors (Lipinski definition) is 2. The van der Waals surface area contributed by atoms with Crippen LogP contribution < -0.4 is 16.6 Å². The average molecular weight is 563 g/mol. The van der Waals surface area contributed by atoms with Crippen molar-refractivity contribution in [3.63, 3.8) is 0 Å². The van der Waals surface area contributed by atoms with Crippen LogP contribution in [0.3, 0.4) is 0 Å². The lowest BCUT2D eigenvalue weighted by Gasteiger charge is -2.25. The summed E-state index contributed by atoms with van der Waals surface area (Å²) in [6.45, 7) is 7.42. The molecule has 0 radical (unpaired) electrons. The number of piperidine rings is 1. The minimum absolute atomic E-state index is 0.0400. The van der Waals surface area contributed by atoms with Gasteiger partial charge in [-0.25, -0.2) is 14.7 Å². The third-order valence-electron chi connectivity index (χ3n) is 7.38. The number of carbonyl (C=O) groups is 1. The second kappa shape index (κ2) is 12.2. The molecule has 10 heteroatoms. The summed E-state index contributed by atoms with van der Waals surface area (Å²) in [6.07, 6.45) is 4.97. The Morgan fingerprint density at radius 2 is 1.90 bits per heavy atom. The quantitative estimate of drug-likeness (QED) is 0.272. The molecule has 1 amide bonds. The van der Waals surface area contributed by atoms with Gasteiger partial charge in [0.25, 0.3) is 11.5 Å². The van der Waals surface area contributed by atoms with Crippen LogP contribution in [0.1, 0.15) is 47.6 Å². The van der Waals surface area contributed by atoms with E-state index in [4.69, 9.17) is 10.7 Å². The van der Waals surface area contributed by atoms with Crippen LogP contribution >= 0.6 is 0 Å². The zero-order valence-corrected chi connectivity index (χ0v) is 24.0. The summed E-state index contributed by atoms with van der Waals surface area (Å²) >= 11 is 0. The van der Waals surface area contributed by atoms with Crippen LogP contribution in [0.2, 0.25) is 0 Å². The molecule has 1 atom stereocenters. The fraction of sp³-hybridized carbons (Fsp3) is 0.281. The van der Waals surface area contributed by atoms with E-state index in [1.807, 2.05) is 42.5 Å². The van der Waals surface area contributed by atoms with Gasteiger partial charge in [-0.05, 0) is 64.2 Å². The SMILES string of the molecule is C=C/C=N\c1c(C(=O)NC(C)c2nc3cccc(C#CC4CCN(C)CC4)c3c(=O)n2-c2ccccc2)c(N)nn1C. The van der Waals surface area contributed by atoms with Gasteiger partial charge in [0.2, 0.25) is 0 Å². The molecule has 214 valence electrons. The Morgan fingerprint density at radius 1 is 1.17 bits per heavy atom. The average Bonchev–Trinajstić information content (AvgIpc) is 3.28. The van der Waals surface area contributed by atoms with Crippen molar-refractivity contribution in [2.45, 2.75) is 25.8 Å². The number of rotatable bonds is 6. The number of nitrogens with two attached hydrogens (primary N) is 1. The number of hydrogen-bond acceptors (Lipinski definition) is 7. The number of anilines is 1. The van der Waals surface area contributed by atoms with Crippen molar-refractivity contribution in [3.8, 4) is 17.5 Å². The van der Waals surface area contributed by atoms with E-state index in [1.54, 1.807) is 20.0 Å². The van der Waals surface area contributed by atoms with Gasteiger partial charge in [-0.15, -0.1) is 0 Å². The van der Waals surface area contributed by atoms with Crippen LogP contribution in [0.5, 0.6) is 0 Å². The number of allylic oxidation sites excluding steroid dienone is 1. The summed E-state index contributed by atoms with van der Waals surface area (Å²) in [5.74, 6) is 7.18. The van der Waals surface area contributed by atoms with Gasteiger partial charge in [0.05, 0.1) is 22.6 Å². The molecule has 42 heavy (non-hydrogen) atoms. The summed E-state index contributed by atoms with van der Waals surface area (Å²) in [7, 11) is 3.77. The first-order valence-corrected chi connectivity index (χ1v) is 13.9. The number of nitrogen functional groups attached to an aromatic ring is 1. The largest absolute Gasteiger partial charge is 0.381 e. The third-order valence-corrected chi connectivity index (χ3v) is 7.38. The van der Waals surface area contributed by atoms with Crippen molar-refractivity contribution in [1.82, 2.24) is 29.5 Å². The van der Waals surface area contributed by atoms with Crippen molar-refractivity contribution >= 4 is 34.7 Å². The van der Waals surface area contributed by atoms with Gasteiger partial charge < -0.3 is 16.0 Å². The zero-order valence-electron chi connectivity index (χ0n) is 24.0. The van der Waals surface area contributed by atoms with E-state index in [0.717, 1.165) is 25.9 Å². The number of nitrogens with one attached hydrogen (secondary N) is 1. The molecule has 0 spiro atoms. The second-order valence-electron chi connectivity index (χ2n) is 10.4. The highest BCUT2D eigenvalue weighted by molar-refractivity contribution is 6.03. The molecule has 0 aliphatic carbocycles. The van der Waals surface area contributed by atoms with Crippen LogP contribution in [-0.2, 0) is 7.05 Å². The number of likely N-dealkylation sites (tertiary alicyclic amines) is 1. The Morgan fingerprint density at radius 3 is 2.62 bits per heavy atom. The maximum absolute atomic E-state index is 14.2. The maximum atomic E-state index is 14.2. The van der Waals surface area contributed by atoms with Gasteiger partial charge in [0.15, 0.2) is 11.6 Å². The predicted octanol–water partition coefficient (Wildman–Crippen LogP) is 3.77. The van der Waals surface area contributed by atoms with E-state index in [0.29, 0.717) is 28.0 Å². The molecule has 2 aromatic heterocycles. The number of nitrogens with zero attached hydrogens (tertiary/aromatic N) is 6.